The topological polar surface area (TPSA) is 29.1 Å². The third kappa shape index (κ3) is 4.76. The summed E-state index contributed by atoms with van der Waals surface area (Å²) in [6.45, 7) is 3.03. The van der Waals surface area contributed by atoms with Crippen LogP contribution < -0.4 is 5.32 Å². The molecule has 0 heterocycles. The van der Waals surface area contributed by atoms with Gasteiger partial charge in [-0.3, -0.25) is 4.79 Å². The van der Waals surface area contributed by atoms with Crippen LogP contribution in [-0.4, -0.2) is 16.9 Å². The lowest BCUT2D eigenvalue weighted by atomic mass is 9.82. The van der Waals surface area contributed by atoms with Gasteiger partial charge in [-0.05, 0) is 36.5 Å². The van der Waals surface area contributed by atoms with Gasteiger partial charge in [0.25, 0.3) is 0 Å². The minimum Gasteiger partial charge on any atom is -0.356 e. The number of rotatable bonds is 8. The summed E-state index contributed by atoms with van der Waals surface area (Å²) in [6.07, 6.45) is 10.7. The molecule has 0 aliphatic heterocycles. The zero-order chi connectivity index (χ0) is 12.6. The minimum atomic E-state index is -0.0117. The summed E-state index contributed by atoms with van der Waals surface area (Å²) < 4.78 is 1.25. The summed E-state index contributed by atoms with van der Waals surface area (Å²) >= 11 is 2.42. The van der Waals surface area contributed by atoms with Crippen LogP contribution >= 0.6 is 22.6 Å². The maximum absolute atomic E-state index is 12.2. The molecule has 1 amide bonds. The number of alkyl halides is 1. The Morgan fingerprint density at radius 2 is 1.82 bits per heavy atom. The second-order valence-corrected chi connectivity index (χ2v) is 6.28. The lowest BCUT2D eigenvalue weighted by Crippen LogP contribution is -2.39. The van der Waals surface area contributed by atoms with Gasteiger partial charge in [0.2, 0.25) is 5.91 Å². The zero-order valence-electron chi connectivity index (χ0n) is 11.1. The van der Waals surface area contributed by atoms with Crippen LogP contribution in [0.4, 0.5) is 0 Å². The third-order valence-corrected chi connectivity index (χ3v) is 4.83. The SMILES string of the molecule is CCC1(C(=O)NCCCCCCI)CCCC1. The average molecular weight is 351 g/mol. The normalized spacial score (nSPS) is 18.2. The van der Waals surface area contributed by atoms with Crippen molar-refractivity contribution in [2.45, 2.75) is 64.7 Å². The van der Waals surface area contributed by atoms with E-state index in [0.717, 1.165) is 32.2 Å². The minimum absolute atomic E-state index is 0.0117. The van der Waals surface area contributed by atoms with E-state index in [1.54, 1.807) is 0 Å². The standard InChI is InChI=1S/C14H26INO/c1-2-14(9-5-6-10-14)13(17)16-12-8-4-3-7-11-15/h2-12H2,1H3,(H,16,17). The molecule has 0 spiro atoms. The molecule has 2 nitrogen and oxygen atoms in total. The van der Waals surface area contributed by atoms with Crippen LogP contribution in [0.5, 0.6) is 0 Å². The lowest BCUT2D eigenvalue weighted by Gasteiger charge is -2.25. The number of amides is 1. The number of carbonyl (C=O) groups is 1. The Kier molecular flexibility index (Phi) is 7.47. The van der Waals surface area contributed by atoms with Crippen molar-refractivity contribution >= 4 is 28.5 Å². The van der Waals surface area contributed by atoms with E-state index in [0.29, 0.717) is 5.91 Å². The fourth-order valence-corrected chi connectivity index (χ4v) is 3.29. The first-order chi connectivity index (χ1) is 8.25. The van der Waals surface area contributed by atoms with Gasteiger partial charge in [-0.2, -0.15) is 0 Å². The van der Waals surface area contributed by atoms with Crippen LogP contribution in [0.1, 0.15) is 64.7 Å². The molecule has 1 aliphatic rings. The number of unbranched alkanes of at least 4 members (excludes halogenated alkanes) is 3. The molecule has 0 unspecified atom stereocenters. The highest BCUT2D eigenvalue weighted by molar-refractivity contribution is 14.1. The molecule has 1 fully saturated rings. The Labute approximate surface area is 119 Å². The van der Waals surface area contributed by atoms with E-state index in [9.17, 15) is 4.79 Å². The maximum atomic E-state index is 12.2. The van der Waals surface area contributed by atoms with Crippen LogP contribution in [0.2, 0.25) is 0 Å². The van der Waals surface area contributed by atoms with Crippen LogP contribution in [0.15, 0.2) is 0 Å². The molecule has 0 saturated heterocycles. The molecule has 100 valence electrons. The van der Waals surface area contributed by atoms with Crippen LogP contribution in [0.25, 0.3) is 0 Å². The van der Waals surface area contributed by atoms with Crippen molar-refractivity contribution in [1.82, 2.24) is 5.32 Å². The van der Waals surface area contributed by atoms with E-state index in [2.05, 4.69) is 34.8 Å². The summed E-state index contributed by atoms with van der Waals surface area (Å²) in [5, 5.41) is 3.15. The maximum Gasteiger partial charge on any atom is 0.226 e. The lowest BCUT2D eigenvalue weighted by molar-refractivity contribution is -0.131. The smallest absolute Gasteiger partial charge is 0.226 e. The fraction of sp³-hybridized carbons (Fsp3) is 0.929. The van der Waals surface area contributed by atoms with Gasteiger partial charge in [0.15, 0.2) is 0 Å². The first-order valence-electron chi connectivity index (χ1n) is 7.09. The predicted molar refractivity (Wildman–Crippen MR) is 81.6 cm³/mol. The highest BCUT2D eigenvalue weighted by Gasteiger charge is 2.38. The Morgan fingerprint density at radius 1 is 1.18 bits per heavy atom. The Hall–Kier alpha value is 0.200. The summed E-state index contributed by atoms with van der Waals surface area (Å²) in [4.78, 5) is 12.2. The van der Waals surface area contributed by atoms with Crippen molar-refractivity contribution in [2.75, 3.05) is 11.0 Å². The molecule has 1 saturated carbocycles. The first-order valence-corrected chi connectivity index (χ1v) is 8.62. The molecule has 1 N–H and O–H groups in total. The molecule has 3 heteroatoms. The van der Waals surface area contributed by atoms with E-state index < -0.39 is 0 Å². The molecule has 17 heavy (non-hydrogen) atoms. The van der Waals surface area contributed by atoms with Crippen molar-refractivity contribution in [3.05, 3.63) is 0 Å². The summed E-state index contributed by atoms with van der Waals surface area (Å²) in [5.41, 5.74) is -0.0117. The number of hydrogen-bond acceptors (Lipinski definition) is 1. The van der Waals surface area contributed by atoms with Crippen molar-refractivity contribution in [3.8, 4) is 0 Å². The van der Waals surface area contributed by atoms with Crippen LogP contribution in [-0.2, 0) is 4.79 Å². The van der Waals surface area contributed by atoms with E-state index in [1.165, 1.54) is 36.5 Å². The zero-order valence-corrected chi connectivity index (χ0v) is 13.2. The largest absolute Gasteiger partial charge is 0.356 e. The number of hydrogen-bond donors (Lipinski definition) is 1. The molecule has 0 aromatic carbocycles. The molecule has 0 aromatic heterocycles. The summed E-state index contributed by atoms with van der Waals surface area (Å²) in [6, 6.07) is 0. The molecule has 0 aromatic rings. The van der Waals surface area contributed by atoms with Crippen molar-refractivity contribution in [1.29, 1.82) is 0 Å². The van der Waals surface area contributed by atoms with E-state index in [1.807, 2.05) is 0 Å². The molecule has 1 aliphatic carbocycles. The van der Waals surface area contributed by atoms with E-state index in [4.69, 9.17) is 0 Å². The predicted octanol–water partition coefficient (Wildman–Crippen LogP) is 4.07. The number of halogens is 1. The van der Waals surface area contributed by atoms with E-state index >= 15 is 0 Å². The highest BCUT2D eigenvalue weighted by Crippen LogP contribution is 2.40. The van der Waals surface area contributed by atoms with Gasteiger partial charge < -0.3 is 5.32 Å². The van der Waals surface area contributed by atoms with Crippen LogP contribution in [0, 0.1) is 5.41 Å². The number of carbonyl (C=O) groups excluding carboxylic acids is 1. The second-order valence-electron chi connectivity index (χ2n) is 5.20. The Bertz CT molecular complexity index is 224. The van der Waals surface area contributed by atoms with Crippen LogP contribution in [0.3, 0.4) is 0 Å². The van der Waals surface area contributed by atoms with Gasteiger partial charge >= 0.3 is 0 Å². The Morgan fingerprint density at radius 3 is 2.41 bits per heavy atom. The molecule has 0 atom stereocenters. The third-order valence-electron chi connectivity index (χ3n) is 4.07. The quantitative estimate of drug-likeness (QED) is 0.399. The van der Waals surface area contributed by atoms with Crippen molar-refractivity contribution in [2.24, 2.45) is 5.41 Å². The molecule has 1 rings (SSSR count). The van der Waals surface area contributed by atoms with Crippen molar-refractivity contribution < 1.29 is 4.79 Å². The molecule has 0 radical (unpaired) electrons. The first kappa shape index (κ1) is 15.3. The monoisotopic (exact) mass is 351 g/mol. The number of nitrogens with one attached hydrogen (secondary N) is 1. The molecular formula is C14H26INO. The second kappa shape index (κ2) is 8.33. The fourth-order valence-electron chi connectivity index (χ4n) is 2.76. The van der Waals surface area contributed by atoms with Gasteiger partial charge in [-0.15, -0.1) is 0 Å². The molecule has 0 bridgehead atoms. The van der Waals surface area contributed by atoms with Gasteiger partial charge in [0.1, 0.15) is 0 Å². The van der Waals surface area contributed by atoms with Gasteiger partial charge in [0, 0.05) is 12.0 Å². The molecular weight excluding hydrogens is 325 g/mol. The summed E-state index contributed by atoms with van der Waals surface area (Å²) in [5.74, 6) is 0.325. The van der Waals surface area contributed by atoms with Gasteiger partial charge in [0.05, 0.1) is 0 Å². The Balaban J connectivity index is 2.15. The summed E-state index contributed by atoms with van der Waals surface area (Å²) in [7, 11) is 0. The van der Waals surface area contributed by atoms with Gasteiger partial charge in [-0.25, -0.2) is 0 Å². The average Bonchev–Trinajstić information content (AvgIpc) is 2.83. The van der Waals surface area contributed by atoms with E-state index in [-0.39, 0.29) is 5.41 Å². The van der Waals surface area contributed by atoms with Crippen molar-refractivity contribution in [3.63, 3.8) is 0 Å². The highest BCUT2D eigenvalue weighted by atomic mass is 127. The van der Waals surface area contributed by atoms with Gasteiger partial charge in [-0.1, -0.05) is 55.2 Å².